The van der Waals surface area contributed by atoms with E-state index in [1.54, 1.807) is 36.4 Å². The Morgan fingerprint density at radius 2 is 1.09 bits per heavy atom. The Kier molecular flexibility index (Phi) is 5.08. The highest BCUT2D eigenvalue weighted by Crippen LogP contribution is 2.39. The van der Waals surface area contributed by atoms with Gasteiger partial charge in [0.05, 0.1) is 5.69 Å². The first-order valence-corrected chi connectivity index (χ1v) is 11.4. The van der Waals surface area contributed by atoms with Gasteiger partial charge in [0.2, 0.25) is 0 Å². The van der Waals surface area contributed by atoms with E-state index in [0.717, 1.165) is 36.1 Å². The highest BCUT2D eigenvalue weighted by Gasteiger charge is 2.39. The van der Waals surface area contributed by atoms with E-state index in [9.17, 15) is 19.2 Å². The summed E-state index contributed by atoms with van der Waals surface area (Å²) in [5.74, 6) is -1.65. The van der Waals surface area contributed by atoms with E-state index in [-0.39, 0.29) is 11.8 Å². The average Bonchev–Trinajstić information content (AvgIpc) is 2.82. The van der Waals surface area contributed by atoms with Crippen molar-refractivity contribution >= 4 is 40.1 Å². The predicted octanol–water partition coefficient (Wildman–Crippen LogP) is 5.13. The van der Waals surface area contributed by atoms with Gasteiger partial charge >= 0.3 is 0 Å². The number of amides is 4. The van der Waals surface area contributed by atoms with Crippen LogP contribution in [0.25, 0.3) is 10.8 Å². The van der Waals surface area contributed by atoms with Crippen LogP contribution in [-0.4, -0.2) is 35.1 Å². The number of hydrogen-bond donors (Lipinski definition) is 0. The zero-order valence-corrected chi connectivity index (χ0v) is 18.7. The maximum atomic E-state index is 13.4. The second-order valence-electron chi connectivity index (χ2n) is 8.68. The summed E-state index contributed by atoms with van der Waals surface area (Å²) in [5.41, 5.74) is 2.88. The van der Waals surface area contributed by atoms with Gasteiger partial charge in [-0.2, -0.15) is 0 Å². The topological polar surface area (TPSA) is 74.8 Å². The average molecular weight is 440 g/mol. The van der Waals surface area contributed by atoms with Gasteiger partial charge in [-0.1, -0.05) is 43.9 Å². The van der Waals surface area contributed by atoms with Gasteiger partial charge in [-0.3, -0.25) is 24.1 Å². The molecule has 2 aliphatic rings. The number of imide groups is 2. The third-order valence-electron chi connectivity index (χ3n) is 6.51. The number of carbonyl (C=O) groups excluding carboxylic acids is 4. The molecular weight excluding hydrogens is 416 g/mol. The molecule has 0 fully saturated rings. The quantitative estimate of drug-likeness (QED) is 0.394. The maximum Gasteiger partial charge on any atom is 0.265 e. The molecule has 2 heterocycles. The summed E-state index contributed by atoms with van der Waals surface area (Å²) >= 11 is 0. The van der Waals surface area contributed by atoms with Gasteiger partial charge in [0.1, 0.15) is 0 Å². The molecule has 0 spiro atoms. The van der Waals surface area contributed by atoms with Crippen LogP contribution in [0.4, 0.5) is 5.69 Å². The Bertz CT molecular complexity index is 1270. The zero-order valence-electron chi connectivity index (χ0n) is 18.7. The third-order valence-corrected chi connectivity index (χ3v) is 6.51. The van der Waals surface area contributed by atoms with Crippen molar-refractivity contribution in [3.05, 3.63) is 76.3 Å². The largest absolute Gasteiger partial charge is 0.274 e. The molecule has 0 saturated heterocycles. The molecule has 0 atom stereocenters. The molecule has 2 aliphatic heterocycles. The van der Waals surface area contributed by atoms with E-state index in [1.165, 1.54) is 4.90 Å². The molecule has 5 rings (SSSR count). The van der Waals surface area contributed by atoms with Crippen molar-refractivity contribution in [1.82, 2.24) is 4.90 Å². The lowest BCUT2D eigenvalue weighted by atomic mass is 9.85. The Hall–Kier alpha value is -3.80. The van der Waals surface area contributed by atoms with Crippen molar-refractivity contribution in [2.45, 2.75) is 39.5 Å². The Labute approximate surface area is 191 Å². The summed E-state index contributed by atoms with van der Waals surface area (Å²) in [4.78, 5) is 55.6. The second kappa shape index (κ2) is 7.96. The van der Waals surface area contributed by atoms with E-state index in [2.05, 4.69) is 6.92 Å². The van der Waals surface area contributed by atoms with Crippen LogP contribution in [0.1, 0.15) is 79.6 Å². The standard InChI is InChI=1S/C27H24N2O4/c1-3-4-5-6-15-28-24(30)18-11-13-20-23-21(14-12-19(22(18)23)25(28)31)27(33)29(26(20)32)17-9-7-16(2)8-10-17/h7-14H,3-6,15H2,1-2H3. The van der Waals surface area contributed by atoms with Crippen LogP contribution in [0, 0.1) is 6.92 Å². The van der Waals surface area contributed by atoms with Crippen LogP contribution in [-0.2, 0) is 0 Å². The fraction of sp³-hybridized carbons (Fsp3) is 0.259. The van der Waals surface area contributed by atoms with E-state index < -0.39 is 11.8 Å². The van der Waals surface area contributed by atoms with Crippen molar-refractivity contribution in [1.29, 1.82) is 0 Å². The number of anilines is 1. The minimum atomic E-state index is -0.457. The minimum Gasteiger partial charge on any atom is -0.274 e. The van der Waals surface area contributed by atoms with Gasteiger partial charge in [0.25, 0.3) is 23.6 Å². The molecular formula is C27H24N2O4. The molecule has 0 aliphatic carbocycles. The van der Waals surface area contributed by atoms with Gasteiger partial charge in [-0.15, -0.1) is 0 Å². The van der Waals surface area contributed by atoms with Crippen LogP contribution >= 0.6 is 0 Å². The van der Waals surface area contributed by atoms with Crippen LogP contribution in [0.15, 0.2) is 48.5 Å². The number of aryl methyl sites for hydroxylation is 1. The molecule has 6 heteroatoms. The van der Waals surface area contributed by atoms with Crippen molar-refractivity contribution in [2.24, 2.45) is 0 Å². The molecule has 0 aromatic heterocycles. The number of unbranched alkanes of at least 4 members (excludes halogenated alkanes) is 3. The highest BCUT2D eigenvalue weighted by molar-refractivity contribution is 6.39. The van der Waals surface area contributed by atoms with Crippen LogP contribution in [0.3, 0.4) is 0 Å². The monoisotopic (exact) mass is 440 g/mol. The van der Waals surface area contributed by atoms with E-state index in [0.29, 0.717) is 45.3 Å². The first-order valence-electron chi connectivity index (χ1n) is 11.4. The number of benzene rings is 3. The van der Waals surface area contributed by atoms with E-state index >= 15 is 0 Å². The van der Waals surface area contributed by atoms with Crippen molar-refractivity contribution in [2.75, 3.05) is 11.4 Å². The first-order chi connectivity index (χ1) is 15.9. The Balaban J connectivity index is 1.61. The molecule has 6 nitrogen and oxygen atoms in total. The molecule has 0 saturated carbocycles. The maximum absolute atomic E-state index is 13.4. The lowest BCUT2D eigenvalue weighted by molar-refractivity contribution is 0.0606. The minimum absolute atomic E-state index is 0.322. The van der Waals surface area contributed by atoms with Gasteiger partial charge in [0.15, 0.2) is 0 Å². The summed E-state index contributed by atoms with van der Waals surface area (Å²) in [6, 6.07) is 13.6. The molecule has 166 valence electrons. The van der Waals surface area contributed by atoms with Gasteiger partial charge < -0.3 is 0 Å². The lowest BCUT2D eigenvalue weighted by Gasteiger charge is -2.32. The van der Waals surface area contributed by atoms with Gasteiger partial charge in [-0.05, 0) is 49.7 Å². The normalized spacial score (nSPS) is 15.1. The molecule has 33 heavy (non-hydrogen) atoms. The van der Waals surface area contributed by atoms with Gasteiger partial charge in [-0.25, -0.2) is 4.90 Å². The van der Waals surface area contributed by atoms with Crippen LogP contribution in [0.5, 0.6) is 0 Å². The highest BCUT2D eigenvalue weighted by atomic mass is 16.2. The Morgan fingerprint density at radius 3 is 1.58 bits per heavy atom. The smallest absolute Gasteiger partial charge is 0.265 e. The van der Waals surface area contributed by atoms with E-state index in [1.807, 2.05) is 19.1 Å². The summed E-state index contributed by atoms with van der Waals surface area (Å²) in [6.45, 7) is 4.40. The van der Waals surface area contributed by atoms with Gasteiger partial charge in [0, 0.05) is 39.6 Å². The fourth-order valence-corrected chi connectivity index (χ4v) is 4.75. The van der Waals surface area contributed by atoms with Crippen molar-refractivity contribution in [3.63, 3.8) is 0 Å². The third kappa shape index (κ3) is 3.17. The summed E-state index contributed by atoms with van der Waals surface area (Å²) in [6.07, 6.45) is 3.82. The number of hydrogen-bond acceptors (Lipinski definition) is 4. The summed E-state index contributed by atoms with van der Waals surface area (Å²) in [5, 5.41) is 0.811. The number of nitrogens with zero attached hydrogens (tertiary/aromatic N) is 2. The molecule has 0 N–H and O–H groups in total. The number of carbonyl (C=O) groups is 4. The zero-order chi connectivity index (χ0) is 23.3. The molecule has 0 bridgehead atoms. The summed E-state index contributed by atoms with van der Waals surface area (Å²) < 4.78 is 0. The van der Waals surface area contributed by atoms with E-state index in [4.69, 9.17) is 0 Å². The molecule has 3 aromatic carbocycles. The lowest BCUT2D eigenvalue weighted by Crippen LogP contribution is -2.43. The predicted molar refractivity (Wildman–Crippen MR) is 126 cm³/mol. The van der Waals surface area contributed by atoms with Crippen LogP contribution in [0.2, 0.25) is 0 Å². The van der Waals surface area contributed by atoms with Crippen molar-refractivity contribution < 1.29 is 19.2 Å². The summed E-state index contributed by atoms with van der Waals surface area (Å²) in [7, 11) is 0. The second-order valence-corrected chi connectivity index (χ2v) is 8.68. The molecule has 0 radical (unpaired) electrons. The van der Waals surface area contributed by atoms with Crippen molar-refractivity contribution in [3.8, 4) is 0 Å². The Morgan fingerprint density at radius 1 is 0.606 bits per heavy atom. The first kappa shape index (κ1) is 21.1. The number of rotatable bonds is 6. The molecule has 0 unspecified atom stereocenters. The fourth-order valence-electron chi connectivity index (χ4n) is 4.75. The SMILES string of the molecule is CCCCCCN1C(=O)c2ccc3c4c(ccc(c24)C1=O)C(=O)N(c1ccc(C)cc1)C3=O. The molecule has 4 amide bonds. The van der Waals surface area contributed by atoms with Crippen LogP contribution < -0.4 is 4.90 Å². The molecule has 3 aromatic rings.